The number of carbonyl (C=O) groups is 8. The van der Waals surface area contributed by atoms with Crippen LogP contribution in [-0.2, 0) is 51.1 Å². The zero-order chi connectivity index (χ0) is 47.8. The molecule has 1 fully saturated rings. The molecule has 1 saturated heterocycles. The molecule has 0 spiro atoms. The second-order valence-corrected chi connectivity index (χ2v) is 18.4. The number of nitrogens with zero attached hydrogens (tertiary/aromatic N) is 1. The number of alkyl carbamates (subject to hydrolysis) is 1. The van der Waals surface area contributed by atoms with Gasteiger partial charge in [-0.2, -0.15) is 11.8 Å². The second-order valence-electron chi connectivity index (χ2n) is 17.5. The van der Waals surface area contributed by atoms with Crippen molar-refractivity contribution in [2.45, 2.75) is 121 Å². The number of rotatable bonds is 23. The smallest absolute Gasteiger partial charge is 0.408 e. The number of hydrazine groups is 1. The van der Waals surface area contributed by atoms with Crippen molar-refractivity contribution in [2.75, 3.05) is 18.6 Å². The molecule has 0 saturated carbocycles. The van der Waals surface area contributed by atoms with Crippen LogP contribution in [0.4, 0.5) is 4.79 Å². The summed E-state index contributed by atoms with van der Waals surface area (Å²) in [7, 11) is 0. The summed E-state index contributed by atoms with van der Waals surface area (Å²) in [4.78, 5) is 112. The van der Waals surface area contributed by atoms with Crippen molar-refractivity contribution in [3.8, 4) is 0 Å². The van der Waals surface area contributed by atoms with Gasteiger partial charge in [-0.15, -0.1) is 0 Å². The molecule has 354 valence electrons. The predicted molar refractivity (Wildman–Crippen MR) is 246 cm³/mol. The summed E-state index contributed by atoms with van der Waals surface area (Å²) in [5.41, 5.74) is 8.71. The minimum atomic E-state index is -1.34. The molecule has 0 radical (unpaired) electrons. The lowest BCUT2D eigenvalue weighted by molar-refractivity contribution is -0.141. The fourth-order valence-electron chi connectivity index (χ4n) is 7.45. The van der Waals surface area contributed by atoms with E-state index in [-0.39, 0.29) is 51.0 Å². The monoisotopic (exact) mass is 920 g/mol. The first-order chi connectivity index (χ1) is 30.8. The molecule has 0 unspecified atom stereocenters. The van der Waals surface area contributed by atoms with Crippen LogP contribution in [0, 0.1) is 5.92 Å². The molecule has 65 heavy (non-hydrogen) atoms. The molecule has 1 aliphatic heterocycles. The highest BCUT2D eigenvalue weighted by atomic mass is 32.2. The Morgan fingerprint density at radius 3 is 2.06 bits per heavy atom. The first-order valence-corrected chi connectivity index (χ1v) is 23.1. The summed E-state index contributed by atoms with van der Waals surface area (Å²) in [6.07, 6.45) is 2.88. The van der Waals surface area contributed by atoms with Gasteiger partial charge in [0.05, 0.1) is 0 Å². The molecule has 11 N–H and O–H groups in total. The van der Waals surface area contributed by atoms with Crippen molar-refractivity contribution < 1.29 is 43.1 Å². The Morgan fingerprint density at radius 1 is 0.815 bits per heavy atom. The van der Waals surface area contributed by atoms with Gasteiger partial charge in [-0.3, -0.25) is 39.0 Å². The third-order valence-electron chi connectivity index (χ3n) is 10.7. The number of primary amides is 1. The molecule has 0 aliphatic carbocycles. The van der Waals surface area contributed by atoms with Crippen LogP contribution >= 0.6 is 11.8 Å². The topological polar surface area (TPSA) is 289 Å². The van der Waals surface area contributed by atoms with Crippen molar-refractivity contribution in [3.63, 3.8) is 0 Å². The van der Waals surface area contributed by atoms with Gasteiger partial charge in [0.1, 0.15) is 41.9 Å². The Bertz CT molecular complexity index is 2140. The summed E-state index contributed by atoms with van der Waals surface area (Å²) < 4.78 is 5.36. The van der Waals surface area contributed by atoms with E-state index >= 15 is 0 Å². The third kappa shape index (κ3) is 15.8. The van der Waals surface area contributed by atoms with Gasteiger partial charge in [0.25, 0.3) is 5.91 Å². The first-order valence-electron chi connectivity index (χ1n) is 21.7. The van der Waals surface area contributed by atoms with E-state index in [1.165, 1.54) is 16.7 Å². The summed E-state index contributed by atoms with van der Waals surface area (Å²) >= 11 is 1.50. The lowest BCUT2D eigenvalue weighted by Crippen LogP contribution is -2.59. The molecule has 1 aliphatic rings. The molecule has 19 nitrogen and oxygen atoms in total. The van der Waals surface area contributed by atoms with Crippen molar-refractivity contribution in [1.29, 1.82) is 0 Å². The van der Waals surface area contributed by atoms with Crippen LogP contribution in [0.3, 0.4) is 0 Å². The standard InChI is InChI=1S/C45H64N10O9S/c1-26(2)22-36(42(61)49-32(19-21-65-6)41(60)54-47)55-20-18-33(43(55)62)50-39(58)34(23-27-12-8-7-9-13-27)51-40(59)35(24-28-25-48-30-15-11-10-14-29(28)30)52-38(57)31(16-17-37(46)56)53-44(63)64-45(3,4)5/h7-15,25-26,31-36,48H,16-24,47H2,1-6H3,(H2,46,56)(H,49,61)(H,50,58)(H,51,59)(H,52,57)(H,53,63)(H,54,60)/t31-,32-,33+,34-,35+,36+/m0/s1. The van der Waals surface area contributed by atoms with Crippen molar-refractivity contribution in [2.24, 2.45) is 17.5 Å². The Kier molecular flexibility index (Phi) is 19.2. The number of para-hydroxylation sites is 1. The summed E-state index contributed by atoms with van der Waals surface area (Å²) in [6, 6.07) is 9.42. The van der Waals surface area contributed by atoms with Gasteiger partial charge >= 0.3 is 6.09 Å². The van der Waals surface area contributed by atoms with E-state index in [1.807, 2.05) is 44.4 Å². The average molecular weight is 921 g/mol. The van der Waals surface area contributed by atoms with E-state index in [0.29, 0.717) is 23.3 Å². The second kappa shape index (κ2) is 24.2. The summed E-state index contributed by atoms with van der Waals surface area (Å²) in [5.74, 6) is 1.40. The molecule has 2 aromatic carbocycles. The van der Waals surface area contributed by atoms with Gasteiger partial charge in [-0.1, -0.05) is 62.4 Å². The van der Waals surface area contributed by atoms with Crippen LogP contribution in [0.5, 0.6) is 0 Å². The number of amides is 8. The fourth-order valence-corrected chi connectivity index (χ4v) is 7.92. The van der Waals surface area contributed by atoms with E-state index in [2.05, 4.69) is 37.0 Å². The van der Waals surface area contributed by atoms with Gasteiger partial charge in [0.2, 0.25) is 35.4 Å². The van der Waals surface area contributed by atoms with Crippen molar-refractivity contribution >= 4 is 70.1 Å². The van der Waals surface area contributed by atoms with Crippen LogP contribution < -0.4 is 43.6 Å². The number of thioether (sulfide) groups is 1. The largest absolute Gasteiger partial charge is 0.444 e. The zero-order valence-corrected chi connectivity index (χ0v) is 38.7. The van der Waals surface area contributed by atoms with E-state index < -0.39 is 89.3 Å². The molecule has 2 heterocycles. The maximum atomic E-state index is 14.5. The van der Waals surface area contributed by atoms with Gasteiger partial charge in [0, 0.05) is 42.9 Å². The van der Waals surface area contributed by atoms with Crippen LogP contribution in [0.15, 0.2) is 60.8 Å². The van der Waals surface area contributed by atoms with Gasteiger partial charge in [-0.05, 0) is 81.6 Å². The van der Waals surface area contributed by atoms with Gasteiger partial charge < -0.3 is 46.9 Å². The summed E-state index contributed by atoms with van der Waals surface area (Å²) in [5, 5.41) is 14.4. The van der Waals surface area contributed by atoms with Crippen LogP contribution in [0.1, 0.15) is 77.8 Å². The number of likely N-dealkylation sites (tertiary alicyclic amines) is 1. The van der Waals surface area contributed by atoms with E-state index in [9.17, 15) is 38.4 Å². The van der Waals surface area contributed by atoms with Crippen molar-refractivity contribution in [3.05, 3.63) is 71.9 Å². The quantitative estimate of drug-likeness (QED) is 0.0373. The maximum Gasteiger partial charge on any atom is 0.408 e. The van der Waals surface area contributed by atoms with E-state index in [1.54, 1.807) is 57.3 Å². The van der Waals surface area contributed by atoms with Crippen molar-refractivity contribution in [1.82, 2.24) is 41.9 Å². The minimum absolute atomic E-state index is 0.00273. The normalized spacial score (nSPS) is 16.2. The number of nitrogens with one attached hydrogen (secondary N) is 7. The van der Waals surface area contributed by atoms with E-state index in [0.717, 1.165) is 10.9 Å². The fraction of sp³-hybridized carbons (Fsp3) is 0.511. The maximum absolute atomic E-state index is 14.5. The number of fused-ring (bicyclic) bond motifs is 1. The van der Waals surface area contributed by atoms with Crippen LogP contribution in [-0.4, -0.2) is 118 Å². The number of nitrogens with two attached hydrogens (primary N) is 2. The van der Waals surface area contributed by atoms with E-state index in [4.69, 9.17) is 16.3 Å². The highest BCUT2D eigenvalue weighted by Crippen LogP contribution is 2.22. The number of aromatic nitrogens is 1. The Hall–Kier alpha value is -6.15. The molecule has 20 heteroatoms. The van der Waals surface area contributed by atoms with Gasteiger partial charge in [-0.25, -0.2) is 10.6 Å². The number of carbonyl (C=O) groups excluding carboxylic acids is 8. The number of hydrogen-bond donors (Lipinski definition) is 9. The van der Waals surface area contributed by atoms with Gasteiger partial charge in [0.15, 0.2) is 0 Å². The Labute approximate surface area is 383 Å². The number of ether oxygens (including phenoxy) is 1. The third-order valence-corrected chi connectivity index (χ3v) is 11.3. The van der Waals surface area contributed by atoms with Crippen LogP contribution in [0.2, 0.25) is 0 Å². The SMILES string of the molecule is CSCC[C@H](NC(=O)[C@@H](CC(C)C)N1CC[C@@H](NC(=O)[C@H](Cc2ccccc2)NC(=O)[C@@H](Cc2c[nH]c3ccccc23)NC(=O)[C@H](CCC(N)=O)NC(=O)OC(C)(C)C)C1=O)C(=O)NN. The number of hydrogen-bond acceptors (Lipinski definition) is 11. The number of benzene rings is 2. The average Bonchev–Trinajstić information content (AvgIpc) is 3.83. The molecule has 6 atom stereocenters. The molecule has 1 aromatic heterocycles. The minimum Gasteiger partial charge on any atom is -0.444 e. The highest BCUT2D eigenvalue weighted by molar-refractivity contribution is 7.98. The molecule has 3 aromatic rings. The predicted octanol–water partition coefficient (Wildman–Crippen LogP) is 1.44. The molecular weight excluding hydrogens is 857 g/mol. The Balaban J connectivity index is 1.61. The Morgan fingerprint density at radius 2 is 1.43 bits per heavy atom. The lowest BCUT2D eigenvalue weighted by Gasteiger charge is -2.30. The first kappa shape index (κ1) is 51.5. The zero-order valence-electron chi connectivity index (χ0n) is 37.9. The molecule has 4 rings (SSSR count). The molecule has 0 bridgehead atoms. The number of H-pyrrole nitrogens is 1. The lowest BCUT2D eigenvalue weighted by atomic mass is 10.0. The molecule has 8 amide bonds. The highest BCUT2D eigenvalue weighted by Gasteiger charge is 2.42. The van der Waals surface area contributed by atoms with Crippen LogP contribution in [0.25, 0.3) is 10.9 Å². The molecular formula is C45H64N10O9S. The number of aromatic amines is 1. The summed E-state index contributed by atoms with van der Waals surface area (Å²) in [6.45, 7) is 8.88.